The molecule has 0 fully saturated rings. The molecule has 0 aromatic rings. The van der Waals surface area contributed by atoms with Crippen molar-refractivity contribution in [2.75, 3.05) is 47.2 Å². The fourth-order valence-electron chi connectivity index (χ4n) is 0.773. The van der Waals surface area contributed by atoms with E-state index in [1.165, 1.54) is 14.2 Å². The van der Waals surface area contributed by atoms with Gasteiger partial charge in [0.2, 0.25) is 0 Å². The Morgan fingerprint density at radius 3 is 2.29 bits per heavy atom. The Kier molecular flexibility index (Phi) is 9.02. The molecule has 100 valence electrons. The molecule has 0 aromatic carbocycles. The second kappa shape index (κ2) is 9.82. The number of primary amides is 1. The van der Waals surface area contributed by atoms with E-state index in [-0.39, 0.29) is 32.3 Å². The van der Waals surface area contributed by atoms with Crippen molar-refractivity contribution in [3.05, 3.63) is 0 Å². The minimum atomic E-state index is -0.835. The zero-order valence-electron chi connectivity index (χ0n) is 10.0. The molecule has 0 aliphatic heterocycles. The third-order valence-electron chi connectivity index (χ3n) is 1.69. The van der Waals surface area contributed by atoms with Crippen molar-refractivity contribution in [3.8, 4) is 0 Å². The number of likely N-dealkylation sites (N-methyl/N-ethyl adjacent to an activating group) is 1. The SMILES string of the molecule is CON(C)C(=O)COCCOCCOC(N)=O. The lowest BCUT2D eigenvalue weighted by molar-refractivity contribution is -0.173. The summed E-state index contributed by atoms with van der Waals surface area (Å²) in [5.41, 5.74) is 4.73. The first-order valence-electron chi connectivity index (χ1n) is 4.96. The fraction of sp³-hybridized carbons (Fsp3) is 0.778. The van der Waals surface area contributed by atoms with Crippen LogP contribution in [0.2, 0.25) is 0 Å². The number of nitrogens with zero attached hydrogens (tertiary/aromatic N) is 1. The van der Waals surface area contributed by atoms with Crippen LogP contribution in [0.15, 0.2) is 0 Å². The van der Waals surface area contributed by atoms with Gasteiger partial charge in [0, 0.05) is 7.05 Å². The third kappa shape index (κ3) is 9.54. The van der Waals surface area contributed by atoms with Gasteiger partial charge in [-0.05, 0) is 0 Å². The van der Waals surface area contributed by atoms with Crippen LogP contribution in [0.5, 0.6) is 0 Å². The monoisotopic (exact) mass is 250 g/mol. The second-order valence-electron chi connectivity index (χ2n) is 2.91. The largest absolute Gasteiger partial charge is 0.447 e. The summed E-state index contributed by atoms with van der Waals surface area (Å²) in [5, 5.41) is 1.07. The van der Waals surface area contributed by atoms with Crippen LogP contribution >= 0.6 is 0 Å². The maximum Gasteiger partial charge on any atom is 0.404 e. The van der Waals surface area contributed by atoms with Crippen molar-refractivity contribution in [1.82, 2.24) is 5.06 Å². The van der Waals surface area contributed by atoms with E-state index in [1.807, 2.05) is 0 Å². The van der Waals surface area contributed by atoms with Gasteiger partial charge in [-0.15, -0.1) is 0 Å². The Balaban J connectivity index is 3.24. The van der Waals surface area contributed by atoms with Crippen LogP contribution in [-0.4, -0.2) is 64.3 Å². The molecule has 0 unspecified atom stereocenters. The van der Waals surface area contributed by atoms with Crippen LogP contribution in [0.4, 0.5) is 4.79 Å². The molecule has 2 amide bonds. The molecule has 0 saturated carbocycles. The maximum atomic E-state index is 11.1. The molecule has 0 spiro atoms. The number of rotatable bonds is 9. The second-order valence-corrected chi connectivity index (χ2v) is 2.91. The number of amides is 2. The molecule has 0 heterocycles. The van der Waals surface area contributed by atoms with E-state index in [0.29, 0.717) is 6.61 Å². The number of nitrogens with two attached hydrogens (primary N) is 1. The molecular formula is C9H18N2O6. The van der Waals surface area contributed by atoms with Gasteiger partial charge in [-0.1, -0.05) is 0 Å². The summed E-state index contributed by atoms with van der Waals surface area (Å²) in [4.78, 5) is 26.0. The van der Waals surface area contributed by atoms with Crippen LogP contribution in [0.25, 0.3) is 0 Å². The predicted octanol–water partition coefficient (Wildman–Crippen LogP) is -0.865. The molecule has 0 rings (SSSR count). The smallest absolute Gasteiger partial charge is 0.404 e. The first-order chi connectivity index (χ1) is 8.07. The van der Waals surface area contributed by atoms with Crippen molar-refractivity contribution in [1.29, 1.82) is 0 Å². The topological polar surface area (TPSA) is 100 Å². The molecule has 0 bridgehead atoms. The Labute approximate surface area is 99.5 Å². The van der Waals surface area contributed by atoms with Gasteiger partial charge in [0.05, 0.1) is 26.9 Å². The Morgan fingerprint density at radius 2 is 1.71 bits per heavy atom. The van der Waals surface area contributed by atoms with E-state index in [9.17, 15) is 9.59 Å². The van der Waals surface area contributed by atoms with E-state index in [2.05, 4.69) is 9.57 Å². The average molecular weight is 250 g/mol. The zero-order chi connectivity index (χ0) is 13.1. The molecule has 0 aromatic heterocycles. The molecule has 8 heteroatoms. The minimum Gasteiger partial charge on any atom is -0.447 e. The Hall–Kier alpha value is -1.38. The lowest BCUT2D eigenvalue weighted by Crippen LogP contribution is -2.29. The van der Waals surface area contributed by atoms with E-state index < -0.39 is 6.09 Å². The number of carbonyl (C=O) groups is 2. The molecule has 8 nitrogen and oxygen atoms in total. The molecular weight excluding hydrogens is 232 g/mol. The highest BCUT2D eigenvalue weighted by Crippen LogP contribution is 1.86. The summed E-state index contributed by atoms with van der Waals surface area (Å²) in [6.07, 6.45) is -0.835. The van der Waals surface area contributed by atoms with Crippen molar-refractivity contribution in [2.24, 2.45) is 5.73 Å². The van der Waals surface area contributed by atoms with Gasteiger partial charge >= 0.3 is 6.09 Å². The Morgan fingerprint density at radius 1 is 1.12 bits per heavy atom. The molecule has 0 saturated heterocycles. The first kappa shape index (κ1) is 15.6. The van der Waals surface area contributed by atoms with Gasteiger partial charge in [-0.3, -0.25) is 9.63 Å². The Bertz CT molecular complexity index is 236. The first-order valence-corrected chi connectivity index (χ1v) is 4.96. The summed E-state index contributed by atoms with van der Waals surface area (Å²) in [6.45, 7) is 0.816. The van der Waals surface area contributed by atoms with E-state index in [0.717, 1.165) is 5.06 Å². The lowest BCUT2D eigenvalue weighted by atomic mass is 10.6. The summed E-state index contributed by atoms with van der Waals surface area (Å²) in [6, 6.07) is 0. The van der Waals surface area contributed by atoms with E-state index >= 15 is 0 Å². The van der Waals surface area contributed by atoms with Crippen molar-refractivity contribution in [2.45, 2.75) is 0 Å². The molecule has 0 radical (unpaired) electrons. The summed E-state index contributed by atoms with van der Waals surface area (Å²) >= 11 is 0. The summed E-state index contributed by atoms with van der Waals surface area (Å²) < 4.78 is 14.5. The number of hydrogen-bond donors (Lipinski definition) is 1. The standard InChI is InChI=1S/C9H18N2O6/c1-11(14-2)8(12)7-16-4-3-15-5-6-17-9(10)13/h3-7H2,1-2H3,(H2,10,13). The quantitative estimate of drug-likeness (QED) is 0.422. The summed E-state index contributed by atoms with van der Waals surface area (Å²) in [5.74, 6) is -0.287. The number of carbonyl (C=O) groups excluding carboxylic acids is 2. The average Bonchev–Trinajstić information content (AvgIpc) is 2.30. The van der Waals surface area contributed by atoms with Gasteiger partial charge in [0.25, 0.3) is 5.91 Å². The van der Waals surface area contributed by atoms with Crippen molar-refractivity contribution < 1.29 is 28.6 Å². The van der Waals surface area contributed by atoms with Gasteiger partial charge < -0.3 is 19.9 Å². The van der Waals surface area contributed by atoms with Crippen LogP contribution in [0, 0.1) is 0 Å². The lowest BCUT2D eigenvalue weighted by Gasteiger charge is -2.13. The van der Waals surface area contributed by atoms with E-state index in [4.69, 9.17) is 15.2 Å². The van der Waals surface area contributed by atoms with Crippen molar-refractivity contribution >= 4 is 12.0 Å². The maximum absolute atomic E-state index is 11.1. The van der Waals surface area contributed by atoms with Gasteiger partial charge in [-0.2, -0.15) is 0 Å². The number of hydroxylamine groups is 2. The van der Waals surface area contributed by atoms with Crippen LogP contribution in [0.3, 0.4) is 0 Å². The molecule has 0 atom stereocenters. The van der Waals surface area contributed by atoms with Crippen LogP contribution < -0.4 is 5.73 Å². The normalized spacial score (nSPS) is 10.0. The minimum absolute atomic E-state index is 0.0779. The van der Waals surface area contributed by atoms with Crippen LogP contribution in [-0.2, 0) is 23.8 Å². The number of ether oxygens (including phenoxy) is 3. The highest BCUT2D eigenvalue weighted by Gasteiger charge is 2.06. The zero-order valence-corrected chi connectivity index (χ0v) is 10.0. The van der Waals surface area contributed by atoms with E-state index in [1.54, 1.807) is 0 Å². The number of hydrogen-bond acceptors (Lipinski definition) is 6. The van der Waals surface area contributed by atoms with Gasteiger partial charge in [0.1, 0.15) is 13.2 Å². The fourth-order valence-corrected chi connectivity index (χ4v) is 0.773. The van der Waals surface area contributed by atoms with Gasteiger partial charge in [-0.25, -0.2) is 9.86 Å². The highest BCUT2D eigenvalue weighted by molar-refractivity contribution is 5.75. The molecule has 17 heavy (non-hydrogen) atoms. The van der Waals surface area contributed by atoms with Crippen molar-refractivity contribution in [3.63, 3.8) is 0 Å². The summed E-state index contributed by atoms with van der Waals surface area (Å²) in [7, 11) is 2.88. The predicted molar refractivity (Wildman–Crippen MR) is 57.0 cm³/mol. The molecule has 0 aliphatic carbocycles. The third-order valence-corrected chi connectivity index (χ3v) is 1.69. The molecule has 0 aliphatic rings. The molecule has 2 N–H and O–H groups in total. The highest BCUT2D eigenvalue weighted by atomic mass is 16.7. The van der Waals surface area contributed by atoms with Crippen LogP contribution in [0.1, 0.15) is 0 Å². The van der Waals surface area contributed by atoms with Gasteiger partial charge in [0.15, 0.2) is 0 Å².